The fraction of sp³-hybridized carbons (Fsp3) is 0.385. The molecule has 0 saturated carbocycles. The van der Waals surface area contributed by atoms with Crippen LogP contribution in [-0.2, 0) is 0 Å². The van der Waals surface area contributed by atoms with Gasteiger partial charge in [0, 0.05) is 0 Å². The minimum Gasteiger partial charge on any atom is -0.490 e. The maximum atomic E-state index is 13.5. The molecule has 1 aliphatic rings. The van der Waals surface area contributed by atoms with E-state index < -0.39 is 6.04 Å². The highest BCUT2D eigenvalue weighted by Crippen LogP contribution is 2.36. The maximum Gasteiger partial charge on any atom is 0.288 e. The number of unbranched alkanes of at least 4 members (excludes halogenated alkanes) is 2. The Hall–Kier alpha value is -3.28. The first kappa shape index (κ1) is 21.9. The van der Waals surface area contributed by atoms with Gasteiger partial charge in [0.25, 0.3) is 5.91 Å². The van der Waals surface area contributed by atoms with Crippen LogP contribution < -0.4 is 20.2 Å². The number of hydrogen-bond donors (Lipinski definition) is 1. The molecule has 2 aromatic carbocycles. The summed E-state index contributed by atoms with van der Waals surface area (Å²) in [6.45, 7) is 8.97. The van der Waals surface area contributed by atoms with E-state index in [1.54, 1.807) is 6.07 Å². The van der Waals surface area contributed by atoms with Crippen LogP contribution in [0.3, 0.4) is 0 Å². The molecule has 6 nitrogen and oxygen atoms in total. The second-order valence-corrected chi connectivity index (χ2v) is 8.23. The third kappa shape index (κ3) is 3.97. The summed E-state index contributed by atoms with van der Waals surface area (Å²) in [7, 11) is 0. The molecule has 0 spiro atoms. The van der Waals surface area contributed by atoms with Gasteiger partial charge < -0.3 is 19.2 Å². The van der Waals surface area contributed by atoms with Crippen LogP contribution >= 0.6 is 0 Å². The van der Waals surface area contributed by atoms with E-state index in [0.717, 1.165) is 36.0 Å². The Morgan fingerprint density at radius 2 is 1.81 bits per heavy atom. The summed E-state index contributed by atoms with van der Waals surface area (Å²) in [5.41, 5.74) is 3.16. The SMILES string of the molecule is CCCCCOc1ccc(C2NC(=O)c3oc4cc(C)cc(C)c4c(=O)c32)cc1OCC. The molecular formula is C26H29NO5. The van der Waals surface area contributed by atoms with E-state index in [9.17, 15) is 9.59 Å². The van der Waals surface area contributed by atoms with Crippen molar-refractivity contribution in [1.29, 1.82) is 0 Å². The smallest absolute Gasteiger partial charge is 0.288 e. The molecular weight excluding hydrogens is 406 g/mol. The van der Waals surface area contributed by atoms with E-state index >= 15 is 0 Å². The molecule has 2 heterocycles. The zero-order valence-electron chi connectivity index (χ0n) is 19.0. The van der Waals surface area contributed by atoms with Crippen LogP contribution in [0.25, 0.3) is 11.0 Å². The van der Waals surface area contributed by atoms with Crippen LogP contribution in [0.2, 0.25) is 0 Å². The van der Waals surface area contributed by atoms with Crippen molar-refractivity contribution in [3.8, 4) is 11.5 Å². The molecule has 1 amide bonds. The lowest BCUT2D eigenvalue weighted by Gasteiger charge is -2.17. The predicted molar refractivity (Wildman–Crippen MR) is 124 cm³/mol. The zero-order valence-corrected chi connectivity index (χ0v) is 19.0. The fourth-order valence-corrected chi connectivity index (χ4v) is 4.28. The van der Waals surface area contributed by atoms with Crippen LogP contribution in [0.4, 0.5) is 0 Å². The molecule has 1 unspecified atom stereocenters. The second-order valence-electron chi connectivity index (χ2n) is 8.23. The van der Waals surface area contributed by atoms with Gasteiger partial charge in [-0.05, 0) is 62.1 Å². The molecule has 0 radical (unpaired) electrons. The lowest BCUT2D eigenvalue weighted by atomic mass is 9.97. The summed E-state index contributed by atoms with van der Waals surface area (Å²) in [6.07, 6.45) is 3.20. The number of aryl methyl sites for hydroxylation is 2. The number of amides is 1. The van der Waals surface area contributed by atoms with Crippen LogP contribution in [0.1, 0.15) is 72.0 Å². The second kappa shape index (κ2) is 9.07. The molecule has 0 fully saturated rings. The first-order valence-corrected chi connectivity index (χ1v) is 11.2. The molecule has 3 aromatic rings. The van der Waals surface area contributed by atoms with Crippen LogP contribution in [0, 0.1) is 13.8 Å². The van der Waals surface area contributed by atoms with Gasteiger partial charge in [0.05, 0.1) is 30.2 Å². The van der Waals surface area contributed by atoms with Crippen molar-refractivity contribution in [2.45, 2.75) is 53.0 Å². The van der Waals surface area contributed by atoms with Crippen molar-refractivity contribution in [2.24, 2.45) is 0 Å². The predicted octanol–water partition coefficient (Wildman–Crippen LogP) is 5.21. The highest BCUT2D eigenvalue weighted by molar-refractivity contribution is 5.99. The summed E-state index contributed by atoms with van der Waals surface area (Å²) in [5, 5.41) is 3.42. The minimum atomic E-state index is -0.604. The van der Waals surface area contributed by atoms with Gasteiger partial charge in [0.15, 0.2) is 16.9 Å². The standard InChI is InChI=1S/C26H29NO5/c1-5-7-8-11-31-18-10-9-17(14-19(18)30-6-2)23-22-24(28)21-16(4)12-15(3)13-20(21)32-25(22)26(29)27-23/h9-10,12-14,23H,5-8,11H2,1-4H3,(H,27,29). The largest absolute Gasteiger partial charge is 0.490 e. The Morgan fingerprint density at radius 1 is 1.00 bits per heavy atom. The van der Waals surface area contributed by atoms with Gasteiger partial charge in [-0.2, -0.15) is 0 Å². The number of carbonyl (C=O) groups is 1. The Kier molecular flexibility index (Phi) is 6.21. The topological polar surface area (TPSA) is 77.8 Å². The first-order valence-electron chi connectivity index (χ1n) is 11.2. The summed E-state index contributed by atoms with van der Waals surface area (Å²) in [6, 6.07) is 8.68. The third-order valence-electron chi connectivity index (χ3n) is 5.75. The molecule has 0 bridgehead atoms. The summed E-state index contributed by atoms with van der Waals surface area (Å²) >= 11 is 0. The molecule has 6 heteroatoms. The average Bonchev–Trinajstić information content (AvgIpc) is 3.08. The quantitative estimate of drug-likeness (QED) is 0.492. The Bertz CT molecular complexity index is 1230. The van der Waals surface area contributed by atoms with Crippen molar-refractivity contribution >= 4 is 16.9 Å². The van der Waals surface area contributed by atoms with Crippen molar-refractivity contribution in [2.75, 3.05) is 13.2 Å². The molecule has 1 aliphatic heterocycles. The number of benzene rings is 2. The van der Waals surface area contributed by atoms with Gasteiger partial charge in [-0.15, -0.1) is 0 Å². The van der Waals surface area contributed by atoms with Crippen LogP contribution in [0.5, 0.6) is 11.5 Å². The van der Waals surface area contributed by atoms with Crippen molar-refractivity contribution in [3.05, 3.63) is 68.6 Å². The highest BCUT2D eigenvalue weighted by Gasteiger charge is 2.36. The average molecular weight is 436 g/mol. The van der Waals surface area contributed by atoms with Crippen molar-refractivity contribution in [1.82, 2.24) is 5.32 Å². The van der Waals surface area contributed by atoms with Gasteiger partial charge >= 0.3 is 0 Å². The van der Waals surface area contributed by atoms with Gasteiger partial charge in [0.1, 0.15) is 5.58 Å². The number of fused-ring (bicyclic) bond motifs is 2. The van der Waals surface area contributed by atoms with Gasteiger partial charge in [-0.1, -0.05) is 31.9 Å². The third-order valence-corrected chi connectivity index (χ3v) is 5.75. The summed E-state index contributed by atoms with van der Waals surface area (Å²) in [4.78, 5) is 26.1. The lowest BCUT2D eigenvalue weighted by Crippen LogP contribution is -2.22. The monoisotopic (exact) mass is 435 g/mol. The van der Waals surface area contributed by atoms with E-state index in [-0.39, 0.29) is 17.1 Å². The van der Waals surface area contributed by atoms with E-state index in [1.807, 2.05) is 45.0 Å². The Morgan fingerprint density at radius 3 is 2.56 bits per heavy atom. The maximum absolute atomic E-state index is 13.5. The summed E-state index contributed by atoms with van der Waals surface area (Å²) in [5.74, 6) is 0.950. The number of nitrogens with one attached hydrogen (secondary N) is 1. The molecule has 0 saturated heterocycles. The highest BCUT2D eigenvalue weighted by atomic mass is 16.5. The lowest BCUT2D eigenvalue weighted by molar-refractivity contribution is 0.0937. The van der Waals surface area contributed by atoms with E-state index in [1.165, 1.54) is 0 Å². The normalized spacial score (nSPS) is 15.0. The minimum absolute atomic E-state index is 0.0790. The van der Waals surface area contributed by atoms with Crippen LogP contribution in [-0.4, -0.2) is 19.1 Å². The zero-order chi connectivity index (χ0) is 22.8. The number of hydrogen-bond acceptors (Lipinski definition) is 5. The molecule has 1 atom stereocenters. The van der Waals surface area contributed by atoms with Gasteiger partial charge in [0.2, 0.25) is 5.76 Å². The number of carbonyl (C=O) groups excluding carboxylic acids is 1. The molecule has 1 aromatic heterocycles. The first-order chi connectivity index (χ1) is 15.4. The fourth-order valence-electron chi connectivity index (χ4n) is 4.28. The van der Waals surface area contributed by atoms with E-state index in [0.29, 0.717) is 41.2 Å². The van der Waals surface area contributed by atoms with E-state index in [2.05, 4.69) is 12.2 Å². The number of ether oxygens (including phenoxy) is 2. The van der Waals surface area contributed by atoms with E-state index in [4.69, 9.17) is 13.9 Å². The molecule has 1 N–H and O–H groups in total. The molecule has 168 valence electrons. The number of rotatable bonds is 8. The summed E-state index contributed by atoms with van der Waals surface area (Å²) < 4.78 is 17.6. The van der Waals surface area contributed by atoms with Crippen molar-refractivity contribution in [3.63, 3.8) is 0 Å². The van der Waals surface area contributed by atoms with Crippen molar-refractivity contribution < 1.29 is 18.7 Å². The van der Waals surface area contributed by atoms with Crippen LogP contribution in [0.15, 0.2) is 39.5 Å². The molecule has 4 rings (SSSR count). The molecule has 32 heavy (non-hydrogen) atoms. The van der Waals surface area contributed by atoms with Gasteiger partial charge in [-0.3, -0.25) is 9.59 Å². The Labute approximate surface area is 187 Å². The molecule has 0 aliphatic carbocycles. The van der Waals surface area contributed by atoms with Gasteiger partial charge in [-0.25, -0.2) is 0 Å². The Balaban J connectivity index is 1.76.